The van der Waals surface area contributed by atoms with E-state index in [4.69, 9.17) is 10.5 Å². The molecule has 0 aliphatic rings. The molecule has 1 heterocycles. The number of ether oxygens (including phenoxy) is 1. The van der Waals surface area contributed by atoms with E-state index in [1.807, 2.05) is 0 Å². The minimum Gasteiger partial charge on any atom is -0.496 e. The highest BCUT2D eigenvalue weighted by molar-refractivity contribution is 5.66. The molecule has 1 atom stereocenters. The first kappa shape index (κ1) is 13.4. The maximum absolute atomic E-state index is 13.3. The van der Waals surface area contributed by atoms with Crippen LogP contribution in [0.15, 0.2) is 30.5 Å². The smallest absolute Gasteiger partial charge is 0.158 e. The molecule has 0 saturated carbocycles. The molecule has 3 N–H and O–H groups in total. The fourth-order valence-corrected chi connectivity index (χ4v) is 1.67. The fraction of sp³-hybridized carbons (Fsp3) is 0.231. The zero-order valence-electron chi connectivity index (χ0n) is 10.4. The second-order valence-corrected chi connectivity index (χ2v) is 3.90. The lowest BCUT2D eigenvalue weighted by atomic mass is 10.1. The maximum atomic E-state index is 13.3. The Morgan fingerprint density at radius 1 is 1.42 bits per heavy atom. The quantitative estimate of drug-likeness (QED) is 0.868. The summed E-state index contributed by atoms with van der Waals surface area (Å²) in [5.41, 5.74) is 6.32. The highest BCUT2D eigenvalue weighted by Crippen LogP contribution is 2.29. The summed E-state index contributed by atoms with van der Waals surface area (Å²) in [4.78, 5) is 8.11. The van der Waals surface area contributed by atoms with Gasteiger partial charge in [0.2, 0.25) is 0 Å². The number of benzene rings is 1. The van der Waals surface area contributed by atoms with Crippen molar-refractivity contribution in [1.29, 1.82) is 0 Å². The molecule has 0 bridgehead atoms. The molecule has 1 aromatic heterocycles. The van der Waals surface area contributed by atoms with Crippen LogP contribution in [0.25, 0.3) is 11.3 Å². The van der Waals surface area contributed by atoms with Gasteiger partial charge < -0.3 is 15.6 Å². The average Bonchev–Trinajstić information content (AvgIpc) is 2.46. The normalized spacial score (nSPS) is 12.2. The molecular weight excluding hydrogens is 249 g/mol. The van der Waals surface area contributed by atoms with Crippen molar-refractivity contribution in [1.82, 2.24) is 9.97 Å². The largest absolute Gasteiger partial charge is 0.496 e. The Kier molecular flexibility index (Phi) is 4.03. The molecule has 0 fully saturated rings. The first-order valence-corrected chi connectivity index (χ1v) is 5.70. The van der Waals surface area contributed by atoms with E-state index in [-0.39, 0.29) is 12.4 Å². The zero-order chi connectivity index (χ0) is 13.8. The minimum absolute atomic E-state index is 0.0176. The lowest BCUT2D eigenvalue weighted by molar-refractivity contribution is 0.176. The van der Waals surface area contributed by atoms with Crippen molar-refractivity contribution < 1.29 is 14.2 Å². The molecule has 2 aromatic rings. The van der Waals surface area contributed by atoms with Crippen LogP contribution in [0.4, 0.5) is 4.39 Å². The highest BCUT2D eigenvalue weighted by atomic mass is 19.1. The zero-order valence-corrected chi connectivity index (χ0v) is 10.4. The van der Waals surface area contributed by atoms with Gasteiger partial charge in [-0.05, 0) is 24.3 Å². The number of hydrogen-bond donors (Lipinski definition) is 2. The van der Waals surface area contributed by atoms with Crippen molar-refractivity contribution in [3.63, 3.8) is 0 Å². The number of hydrogen-bond acceptors (Lipinski definition) is 5. The average molecular weight is 263 g/mol. The van der Waals surface area contributed by atoms with Crippen LogP contribution in [0.2, 0.25) is 0 Å². The Morgan fingerprint density at radius 3 is 2.89 bits per heavy atom. The number of halogens is 1. The van der Waals surface area contributed by atoms with E-state index in [0.717, 1.165) is 0 Å². The molecule has 0 aliphatic carbocycles. The number of nitrogens with zero attached hydrogens (tertiary/aromatic N) is 2. The third-order valence-electron chi connectivity index (χ3n) is 2.63. The molecule has 0 radical (unpaired) electrons. The van der Waals surface area contributed by atoms with Crippen molar-refractivity contribution in [3.8, 4) is 17.0 Å². The van der Waals surface area contributed by atoms with Gasteiger partial charge in [-0.15, -0.1) is 0 Å². The summed E-state index contributed by atoms with van der Waals surface area (Å²) in [5, 5.41) is 9.63. The van der Waals surface area contributed by atoms with Crippen molar-refractivity contribution in [2.75, 3.05) is 13.7 Å². The van der Waals surface area contributed by atoms with Gasteiger partial charge in [0.1, 0.15) is 17.7 Å². The molecule has 5 nitrogen and oxygen atoms in total. The van der Waals surface area contributed by atoms with Crippen LogP contribution in [0.3, 0.4) is 0 Å². The van der Waals surface area contributed by atoms with Crippen LogP contribution in [-0.4, -0.2) is 28.7 Å². The van der Waals surface area contributed by atoms with E-state index in [1.54, 1.807) is 6.07 Å². The van der Waals surface area contributed by atoms with Crippen LogP contribution in [0, 0.1) is 5.82 Å². The van der Waals surface area contributed by atoms with Gasteiger partial charge in [0, 0.05) is 18.3 Å². The minimum atomic E-state index is -0.945. The third kappa shape index (κ3) is 2.86. The molecule has 2 rings (SSSR count). The summed E-state index contributed by atoms with van der Waals surface area (Å²) in [7, 11) is 1.49. The summed E-state index contributed by atoms with van der Waals surface area (Å²) < 4.78 is 18.5. The van der Waals surface area contributed by atoms with E-state index in [2.05, 4.69) is 9.97 Å². The summed E-state index contributed by atoms with van der Waals surface area (Å²) in [5.74, 6) is 0.301. The number of aromatic nitrogens is 2. The SMILES string of the molecule is COc1ccc(F)cc1-c1ccnc(C(O)CN)n1. The number of nitrogens with two attached hydrogens (primary N) is 1. The van der Waals surface area contributed by atoms with Crippen molar-refractivity contribution >= 4 is 0 Å². The molecule has 6 heteroatoms. The Hall–Kier alpha value is -2.05. The van der Waals surface area contributed by atoms with E-state index >= 15 is 0 Å². The molecule has 100 valence electrons. The molecular formula is C13H14FN3O2. The van der Waals surface area contributed by atoms with Crippen LogP contribution < -0.4 is 10.5 Å². The van der Waals surface area contributed by atoms with Gasteiger partial charge in [-0.2, -0.15) is 0 Å². The van der Waals surface area contributed by atoms with Gasteiger partial charge in [0.05, 0.1) is 12.8 Å². The third-order valence-corrected chi connectivity index (χ3v) is 2.63. The van der Waals surface area contributed by atoms with Crippen molar-refractivity contribution in [2.45, 2.75) is 6.10 Å². The maximum Gasteiger partial charge on any atom is 0.158 e. The van der Waals surface area contributed by atoms with Gasteiger partial charge in [0.25, 0.3) is 0 Å². The Balaban J connectivity index is 2.49. The van der Waals surface area contributed by atoms with Crippen LogP contribution in [0.1, 0.15) is 11.9 Å². The van der Waals surface area contributed by atoms with E-state index in [9.17, 15) is 9.50 Å². The van der Waals surface area contributed by atoms with Crippen LogP contribution >= 0.6 is 0 Å². The number of aliphatic hydroxyl groups is 1. The van der Waals surface area contributed by atoms with Crippen LogP contribution in [-0.2, 0) is 0 Å². The van der Waals surface area contributed by atoms with E-state index in [1.165, 1.54) is 31.5 Å². The highest BCUT2D eigenvalue weighted by Gasteiger charge is 2.13. The lowest BCUT2D eigenvalue weighted by Crippen LogP contribution is -2.14. The predicted octanol–water partition coefficient (Wildman–Crippen LogP) is 1.28. The number of rotatable bonds is 4. The van der Waals surface area contributed by atoms with E-state index < -0.39 is 11.9 Å². The fourth-order valence-electron chi connectivity index (χ4n) is 1.67. The second kappa shape index (κ2) is 5.73. The topological polar surface area (TPSA) is 81.3 Å². The van der Waals surface area contributed by atoms with Gasteiger partial charge in [0.15, 0.2) is 5.82 Å². The van der Waals surface area contributed by atoms with Gasteiger partial charge in [-0.1, -0.05) is 0 Å². The Bertz CT molecular complexity index is 578. The van der Waals surface area contributed by atoms with Crippen molar-refractivity contribution in [3.05, 3.63) is 42.1 Å². The first-order valence-electron chi connectivity index (χ1n) is 5.70. The summed E-state index contributed by atoms with van der Waals surface area (Å²) in [6.45, 7) is 0.0176. The molecule has 0 spiro atoms. The monoisotopic (exact) mass is 263 g/mol. The molecule has 1 aromatic carbocycles. The second-order valence-electron chi connectivity index (χ2n) is 3.90. The molecule has 19 heavy (non-hydrogen) atoms. The molecule has 0 saturated heterocycles. The molecule has 0 aliphatic heterocycles. The summed E-state index contributed by atoms with van der Waals surface area (Å²) in [6.07, 6.45) is 0.542. The van der Waals surface area contributed by atoms with Gasteiger partial charge in [-0.3, -0.25) is 0 Å². The predicted molar refractivity (Wildman–Crippen MR) is 68.0 cm³/mol. The first-order chi connectivity index (χ1) is 9.15. The summed E-state index contributed by atoms with van der Waals surface area (Å²) >= 11 is 0. The van der Waals surface area contributed by atoms with Crippen LogP contribution in [0.5, 0.6) is 5.75 Å². The van der Waals surface area contributed by atoms with Gasteiger partial charge >= 0.3 is 0 Å². The summed E-state index contributed by atoms with van der Waals surface area (Å²) in [6, 6.07) is 5.76. The Morgan fingerprint density at radius 2 is 2.21 bits per heavy atom. The molecule has 1 unspecified atom stereocenters. The van der Waals surface area contributed by atoms with E-state index in [0.29, 0.717) is 17.0 Å². The number of methoxy groups -OCH3 is 1. The Labute approximate surface area is 109 Å². The van der Waals surface area contributed by atoms with Crippen molar-refractivity contribution in [2.24, 2.45) is 5.73 Å². The lowest BCUT2D eigenvalue weighted by Gasteiger charge is -2.10. The standard InChI is InChI=1S/C13H14FN3O2/c1-19-12-3-2-8(14)6-9(12)10-4-5-16-13(17-10)11(18)7-15/h2-6,11,18H,7,15H2,1H3. The number of aliphatic hydroxyl groups excluding tert-OH is 1. The van der Waals surface area contributed by atoms with Gasteiger partial charge in [-0.25, -0.2) is 14.4 Å². The molecule has 0 amide bonds.